The number of carbonyl (C=O) groups excluding carboxylic acids is 2. The molecule has 0 saturated carbocycles. The molecule has 0 aliphatic heterocycles. The Kier molecular flexibility index (Phi) is 5.91. The standard InChI is InChI=1S/C17H20N2O4/c1-3-4-5-13-6-8-14(9-7-13)18-16(20)11-22-17(21)15-10-12(2)19-23-15/h6-10H,3-5,11H2,1-2H3,(H,18,20). The van der Waals surface area contributed by atoms with Crippen LogP contribution < -0.4 is 5.32 Å². The minimum atomic E-state index is -0.712. The third-order valence-electron chi connectivity index (χ3n) is 3.22. The fraction of sp³-hybridized carbons (Fsp3) is 0.353. The van der Waals surface area contributed by atoms with Gasteiger partial charge in [0.05, 0.1) is 5.69 Å². The molecule has 122 valence electrons. The number of carbonyl (C=O) groups is 2. The summed E-state index contributed by atoms with van der Waals surface area (Å²) in [7, 11) is 0. The van der Waals surface area contributed by atoms with Gasteiger partial charge in [0, 0.05) is 11.8 Å². The summed E-state index contributed by atoms with van der Waals surface area (Å²) in [4.78, 5) is 23.4. The van der Waals surface area contributed by atoms with Crippen LogP contribution in [0, 0.1) is 6.92 Å². The second kappa shape index (κ2) is 8.12. The summed E-state index contributed by atoms with van der Waals surface area (Å²) in [6, 6.07) is 9.09. The average Bonchev–Trinajstić information content (AvgIpc) is 2.98. The highest BCUT2D eigenvalue weighted by atomic mass is 16.6. The summed E-state index contributed by atoms with van der Waals surface area (Å²) in [6.45, 7) is 3.46. The maximum Gasteiger partial charge on any atom is 0.377 e. The van der Waals surface area contributed by atoms with Crippen LogP contribution in [0.5, 0.6) is 0 Å². The third-order valence-corrected chi connectivity index (χ3v) is 3.22. The van der Waals surface area contributed by atoms with Gasteiger partial charge in [-0.2, -0.15) is 0 Å². The van der Waals surface area contributed by atoms with Crippen LogP contribution in [0.2, 0.25) is 0 Å². The van der Waals surface area contributed by atoms with Gasteiger partial charge < -0.3 is 14.6 Å². The highest BCUT2D eigenvalue weighted by Gasteiger charge is 2.15. The predicted molar refractivity (Wildman–Crippen MR) is 85.2 cm³/mol. The van der Waals surface area contributed by atoms with E-state index in [0.717, 1.165) is 19.3 Å². The summed E-state index contributed by atoms with van der Waals surface area (Å²) in [5, 5.41) is 6.26. The summed E-state index contributed by atoms with van der Waals surface area (Å²) < 4.78 is 9.63. The van der Waals surface area contributed by atoms with E-state index in [9.17, 15) is 9.59 Å². The lowest BCUT2D eigenvalue weighted by Gasteiger charge is -2.06. The normalized spacial score (nSPS) is 10.3. The summed E-state index contributed by atoms with van der Waals surface area (Å²) in [6.07, 6.45) is 3.32. The van der Waals surface area contributed by atoms with E-state index in [2.05, 4.69) is 17.4 Å². The van der Waals surface area contributed by atoms with Crippen LogP contribution >= 0.6 is 0 Å². The van der Waals surface area contributed by atoms with Gasteiger partial charge >= 0.3 is 5.97 Å². The van der Waals surface area contributed by atoms with Crippen LogP contribution in [0.3, 0.4) is 0 Å². The van der Waals surface area contributed by atoms with Gasteiger partial charge in [-0.25, -0.2) is 4.79 Å². The monoisotopic (exact) mass is 316 g/mol. The van der Waals surface area contributed by atoms with Crippen molar-refractivity contribution in [2.45, 2.75) is 33.1 Å². The first kappa shape index (κ1) is 16.7. The second-order valence-electron chi connectivity index (χ2n) is 5.26. The molecular formula is C17H20N2O4. The molecular weight excluding hydrogens is 296 g/mol. The predicted octanol–water partition coefficient (Wildman–Crippen LogP) is 3.12. The number of benzene rings is 1. The number of aromatic nitrogens is 1. The van der Waals surface area contributed by atoms with Crippen LogP contribution in [-0.4, -0.2) is 23.6 Å². The van der Waals surface area contributed by atoms with Crippen LogP contribution in [-0.2, 0) is 16.0 Å². The SMILES string of the molecule is CCCCc1ccc(NC(=O)COC(=O)c2cc(C)no2)cc1. The first-order chi connectivity index (χ1) is 11.1. The number of hydrogen-bond acceptors (Lipinski definition) is 5. The van der Waals surface area contributed by atoms with E-state index >= 15 is 0 Å². The number of anilines is 1. The maximum absolute atomic E-state index is 11.8. The summed E-state index contributed by atoms with van der Waals surface area (Å²) in [5.41, 5.74) is 2.48. The molecule has 6 nitrogen and oxygen atoms in total. The Morgan fingerprint density at radius 2 is 2.00 bits per heavy atom. The van der Waals surface area contributed by atoms with E-state index in [4.69, 9.17) is 9.26 Å². The Hall–Kier alpha value is -2.63. The van der Waals surface area contributed by atoms with Crippen LogP contribution in [0.1, 0.15) is 41.6 Å². The zero-order valence-electron chi connectivity index (χ0n) is 13.3. The fourth-order valence-corrected chi connectivity index (χ4v) is 1.99. The van der Waals surface area contributed by atoms with E-state index in [1.807, 2.05) is 24.3 Å². The number of hydrogen-bond donors (Lipinski definition) is 1. The van der Waals surface area contributed by atoms with E-state index in [0.29, 0.717) is 11.4 Å². The molecule has 0 fully saturated rings. The van der Waals surface area contributed by atoms with Crippen molar-refractivity contribution in [2.75, 3.05) is 11.9 Å². The number of aryl methyl sites for hydroxylation is 2. The highest BCUT2D eigenvalue weighted by molar-refractivity contribution is 5.94. The molecule has 0 atom stereocenters. The van der Waals surface area contributed by atoms with E-state index in [1.54, 1.807) is 6.92 Å². The largest absolute Gasteiger partial charge is 0.450 e. The molecule has 1 aromatic heterocycles. The van der Waals surface area contributed by atoms with Crippen molar-refractivity contribution < 1.29 is 18.8 Å². The molecule has 0 radical (unpaired) electrons. The van der Waals surface area contributed by atoms with Crippen molar-refractivity contribution in [3.63, 3.8) is 0 Å². The topological polar surface area (TPSA) is 81.4 Å². The second-order valence-corrected chi connectivity index (χ2v) is 5.26. The van der Waals surface area contributed by atoms with E-state index < -0.39 is 11.9 Å². The average molecular weight is 316 g/mol. The number of ether oxygens (including phenoxy) is 1. The number of amides is 1. The number of esters is 1. The van der Waals surface area contributed by atoms with Gasteiger partial charge in [0.25, 0.3) is 5.91 Å². The van der Waals surface area contributed by atoms with Crippen molar-refractivity contribution in [3.8, 4) is 0 Å². The van der Waals surface area contributed by atoms with Crippen LogP contribution in [0.15, 0.2) is 34.9 Å². The summed E-state index contributed by atoms with van der Waals surface area (Å²) in [5.74, 6) is -1.14. The molecule has 23 heavy (non-hydrogen) atoms. The zero-order valence-corrected chi connectivity index (χ0v) is 13.3. The Bertz CT molecular complexity index is 661. The van der Waals surface area contributed by atoms with Gasteiger partial charge in [-0.15, -0.1) is 0 Å². The molecule has 0 spiro atoms. The molecule has 1 heterocycles. The van der Waals surface area contributed by atoms with Gasteiger partial charge in [0.15, 0.2) is 6.61 Å². The molecule has 0 unspecified atom stereocenters. The van der Waals surface area contributed by atoms with Gasteiger partial charge in [0.1, 0.15) is 0 Å². The van der Waals surface area contributed by atoms with E-state index in [-0.39, 0.29) is 12.4 Å². The molecule has 1 amide bonds. The Morgan fingerprint density at radius 3 is 2.61 bits per heavy atom. The minimum absolute atomic E-state index is 0.0180. The number of nitrogens with zero attached hydrogens (tertiary/aromatic N) is 1. The number of nitrogens with one attached hydrogen (secondary N) is 1. The number of unbranched alkanes of at least 4 members (excludes halogenated alkanes) is 1. The molecule has 2 aromatic rings. The molecule has 1 aromatic carbocycles. The first-order valence-corrected chi connectivity index (χ1v) is 7.57. The summed E-state index contributed by atoms with van der Waals surface area (Å²) >= 11 is 0. The molecule has 6 heteroatoms. The van der Waals surface area contributed by atoms with Crippen molar-refractivity contribution >= 4 is 17.6 Å². The Balaban J connectivity index is 1.79. The minimum Gasteiger partial charge on any atom is -0.450 e. The van der Waals surface area contributed by atoms with Crippen molar-refractivity contribution in [2.24, 2.45) is 0 Å². The van der Waals surface area contributed by atoms with Gasteiger partial charge in [-0.1, -0.05) is 30.6 Å². The number of rotatable bonds is 7. The van der Waals surface area contributed by atoms with Crippen molar-refractivity contribution in [1.82, 2.24) is 5.16 Å². The van der Waals surface area contributed by atoms with E-state index in [1.165, 1.54) is 11.6 Å². The zero-order chi connectivity index (χ0) is 16.7. The van der Waals surface area contributed by atoms with Gasteiger partial charge in [0.2, 0.25) is 5.76 Å². The first-order valence-electron chi connectivity index (χ1n) is 7.57. The molecule has 0 aliphatic carbocycles. The molecule has 0 saturated heterocycles. The maximum atomic E-state index is 11.8. The Morgan fingerprint density at radius 1 is 1.26 bits per heavy atom. The van der Waals surface area contributed by atoms with Gasteiger partial charge in [-0.3, -0.25) is 4.79 Å². The lowest BCUT2D eigenvalue weighted by atomic mass is 10.1. The highest BCUT2D eigenvalue weighted by Crippen LogP contribution is 2.12. The molecule has 1 N–H and O–H groups in total. The smallest absolute Gasteiger partial charge is 0.377 e. The van der Waals surface area contributed by atoms with Crippen LogP contribution in [0.4, 0.5) is 5.69 Å². The molecule has 0 aliphatic rings. The third kappa shape index (κ3) is 5.25. The van der Waals surface area contributed by atoms with Crippen LogP contribution in [0.25, 0.3) is 0 Å². The fourth-order valence-electron chi connectivity index (χ4n) is 1.99. The van der Waals surface area contributed by atoms with Crippen molar-refractivity contribution in [3.05, 3.63) is 47.3 Å². The molecule has 2 rings (SSSR count). The lowest BCUT2D eigenvalue weighted by Crippen LogP contribution is -2.20. The quantitative estimate of drug-likeness (QED) is 0.794. The lowest BCUT2D eigenvalue weighted by molar-refractivity contribution is -0.119. The Labute approximate surface area is 134 Å². The van der Waals surface area contributed by atoms with Gasteiger partial charge in [-0.05, 0) is 37.5 Å². The molecule has 0 bridgehead atoms. The van der Waals surface area contributed by atoms with Crippen molar-refractivity contribution in [1.29, 1.82) is 0 Å².